The van der Waals surface area contributed by atoms with Crippen LogP contribution in [0.15, 0.2) is 18.3 Å². The van der Waals surface area contributed by atoms with E-state index in [2.05, 4.69) is 35.7 Å². The van der Waals surface area contributed by atoms with Crippen molar-refractivity contribution in [2.45, 2.75) is 26.7 Å². The zero-order valence-corrected chi connectivity index (χ0v) is 8.78. The first kappa shape index (κ1) is 9.19. The molecule has 0 aliphatic heterocycles. The maximum Gasteiger partial charge on any atom is 0.177 e. The van der Waals surface area contributed by atoms with Crippen molar-refractivity contribution in [1.82, 2.24) is 15.0 Å². The van der Waals surface area contributed by atoms with Crippen LogP contribution in [0.1, 0.15) is 32.5 Å². The molecular weight excluding hydrogens is 174 g/mol. The fourth-order valence-electron chi connectivity index (χ4n) is 1.40. The molecule has 0 aliphatic carbocycles. The molecule has 0 spiro atoms. The van der Waals surface area contributed by atoms with Gasteiger partial charge in [-0.2, -0.15) is 0 Å². The van der Waals surface area contributed by atoms with Crippen LogP contribution in [0.5, 0.6) is 0 Å². The molecule has 14 heavy (non-hydrogen) atoms. The van der Waals surface area contributed by atoms with Gasteiger partial charge in [0.25, 0.3) is 0 Å². The molecule has 1 unspecified atom stereocenters. The molecule has 2 aromatic rings. The van der Waals surface area contributed by atoms with Crippen LogP contribution in [0.25, 0.3) is 11.2 Å². The van der Waals surface area contributed by atoms with Crippen LogP contribution in [-0.2, 0) is 0 Å². The number of fused-ring (bicyclic) bond motifs is 1. The van der Waals surface area contributed by atoms with Crippen molar-refractivity contribution in [3.05, 3.63) is 24.2 Å². The Labute approximate surface area is 83.6 Å². The summed E-state index contributed by atoms with van der Waals surface area (Å²) in [5, 5.41) is 0. The van der Waals surface area contributed by atoms with E-state index in [0.29, 0.717) is 11.8 Å². The summed E-state index contributed by atoms with van der Waals surface area (Å²) in [6.07, 6.45) is 1.77. The molecule has 0 aliphatic rings. The van der Waals surface area contributed by atoms with E-state index in [4.69, 9.17) is 0 Å². The van der Waals surface area contributed by atoms with Crippen LogP contribution in [0.2, 0.25) is 0 Å². The van der Waals surface area contributed by atoms with E-state index in [1.165, 1.54) is 0 Å². The molecule has 0 saturated carbocycles. The topological polar surface area (TPSA) is 41.6 Å². The third kappa shape index (κ3) is 1.50. The van der Waals surface area contributed by atoms with Gasteiger partial charge in [-0.3, -0.25) is 0 Å². The summed E-state index contributed by atoms with van der Waals surface area (Å²) in [6.45, 7) is 6.58. The first-order valence-electron chi connectivity index (χ1n) is 4.99. The van der Waals surface area contributed by atoms with E-state index in [-0.39, 0.29) is 0 Å². The molecule has 2 aromatic heterocycles. The van der Waals surface area contributed by atoms with Crippen LogP contribution < -0.4 is 0 Å². The van der Waals surface area contributed by atoms with Crippen molar-refractivity contribution in [3.8, 4) is 0 Å². The van der Waals surface area contributed by atoms with Crippen LogP contribution in [0, 0.1) is 5.92 Å². The van der Waals surface area contributed by atoms with Gasteiger partial charge >= 0.3 is 0 Å². The minimum absolute atomic E-state index is 0.448. The Hall–Kier alpha value is -1.38. The minimum Gasteiger partial charge on any atom is -0.340 e. The average molecular weight is 189 g/mol. The second-order valence-corrected chi connectivity index (χ2v) is 4.03. The molecule has 1 N–H and O–H groups in total. The van der Waals surface area contributed by atoms with E-state index in [0.717, 1.165) is 17.0 Å². The van der Waals surface area contributed by atoms with E-state index in [1.807, 2.05) is 12.1 Å². The monoisotopic (exact) mass is 189 g/mol. The molecule has 2 heterocycles. The zero-order chi connectivity index (χ0) is 10.1. The fourth-order valence-corrected chi connectivity index (χ4v) is 1.40. The highest BCUT2D eigenvalue weighted by Crippen LogP contribution is 2.22. The number of pyridine rings is 1. The lowest BCUT2D eigenvalue weighted by molar-refractivity contribution is 0.515. The Morgan fingerprint density at radius 1 is 1.29 bits per heavy atom. The third-order valence-corrected chi connectivity index (χ3v) is 2.71. The van der Waals surface area contributed by atoms with Gasteiger partial charge in [-0.05, 0) is 18.1 Å². The molecule has 74 valence electrons. The lowest BCUT2D eigenvalue weighted by Gasteiger charge is -2.11. The number of nitrogens with zero attached hydrogens (tertiary/aromatic N) is 2. The number of hydrogen-bond acceptors (Lipinski definition) is 2. The first-order chi connectivity index (χ1) is 6.68. The van der Waals surface area contributed by atoms with Gasteiger partial charge < -0.3 is 4.98 Å². The summed E-state index contributed by atoms with van der Waals surface area (Å²) in [7, 11) is 0. The van der Waals surface area contributed by atoms with Crippen molar-refractivity contribution >= 4 is 11.2 Å². The molecular formula is C11H15N3. The zero-order valence-electron chi connectivity index (χ0n) is 8.78. The van der Waals surface area contributed by atoms with Crippen LogP contribution >= 0.6 is 0 Å². The van der Waals surface area contributed by atoms with E-state index < -0.39 is 0 Å². The average Bonchev–Trinajstić information content (AvgIpc) is 2.59. The fraction of sp³-hybridized carbons (Fsp3) is 0.455. The van der Waals surface area contributed by atoms with Gasteiger partial charge in [0.15, 0.2) is 5.65 Å². The Morgan fingerprint density at radius 2 is 2.07 bits per heavy atom. The smallest absolute Gasteiger partial charge is 0.177 e. The molecule has 0 fully saturated rings. The second kappa shape index (κ2) is 3.40. The Bertz CT molecular complexity index is 398. The first-order valence-corrected chi connectivity index (χ1v) is 4.99. The lowest BCUT2D eigenvalue weighted by Crippen LogP contribution is -2.03. The number of aromatic nitrogens is 3. The number of imidazole rings is 1. The van der Waals surface area contributed by atoms with E-state index in [9.17, 15) is 0 Å². The summed E-state index contributed by atoms with van der Waals surface area (Å²) in [4.78, 5) is 12.0. The van der Waals surface area contributed by atoms with Gasteiger partial charge in [0.05, 0.1) is 5.52 Å². The number of hydrogen-bond donors (Lipinski definition) is 1. The van der Waals surface area contributed by atoms with Crippen LogP contribution in [-0.4, -0.2) is 15.0 Å². The molecule has 0 saturated heterocycles. The van der Waals surface area contributed by atoms with Crippen molar-refractivity contribution < 1.29 is 0 Å². The predicted molar refractivity (Wildman–Crippen MR) is 57.1 cm³/mol. The van der Waals surface area contributed by atoms with E-state index >= 15 is 0 Å². The summed E-state index contributed by atoms with van der Waals surface area (Å²) in [6, 6.07) is 3.93. The molecule has 0 bridgehead atoms. The highest BCUT2D eigenvalue weighted by atomic mass is 15.0. The van der Waals surface area contributed by atoms with Gasteiger partial charge in [-0.1, -0.05) is 20.8 Å². The summed E-state index contributed by atoms with van der Waals surface area (Å²) in [5.74, 6) is 2.08. The molecule has 0 amide bonds. The van der Waals surface area contributed by atoms with Gasteiger partial charge in [0.2, 0.25) is 0 Å². The summed E-state index contributed by atoms with van der Waals surface area (Å²) in [5.41, 5.74) is 1.84. The molecule has 3 heteroatoms. The van der Waals surface area contributed by atoms with Crippen molar-refractivity contribution in [2.75, 3.05) is 0 Å². The molecule has 0 radical (unpaired) electrons. The number of aromatic amines is 1. The summed E-state index contributed by atoms with van der Waals surface area (Å²) < 4.78 is 0. The maximum absolute atomic E-state index is 4.47. The number of rotatable bonds is 2. The van der Waals surface area contributed by atoms with Crippen molar-refractivity contribution in [3.63, 3.8) is 0 Å². The van der Waals surface area contributed by atoms with Gasteiger partial charge in [-0.25, -0.2) is 9.97 Å². The van der Waals surface area contributed by atoms with E-state index in [1.54, 1.807) is 6.20 Å². The van der Waals surface area contributed by atoms with Crippen LogP contribution in [0.3, 0.4) is 0 Å². The quantitative estimate of drug-likeness (QED) is 0.789. The number of nitrogens with one attached hydrogen (secondary N) is 1. The number of H-pyrrole nitrogens is 1. The minimum atomic E-state index is 0.448. The highest BCUT2D eigenvalue weighted by Gasteiger charge is 2.14. The largest absolute Gasteiger partial charge is 0.340 e. The lowest BCUT2D eigenvalue weighted by atomic mass is 9.98. The highest BCUT2D eigenvalue weighted by molar-refractivity contribution is 5.69. The Balaban J connectivity index is 2.45. The second-order valence-electron chi connectivity index (χ2n) is 4.03. The van der Waals surface area contributed by atoms with Crippen LogP contribution in [0.4, 0.5) is 0 Å². The Morgan fingerprint density at radius 3 is 2.71 bits per heavy atom. The van der Waals surface area contributed by atoms with Crippen molar-refractivity contribution in [2.24, 2.45) is 5.92 Å². The van der Waals surface area contributed by atoms with Crippen molar-refractivity contribution in [1.29, 1.82) is 0 Å². The predicted octanol–water partition coefficient (Wildman–Crippen LogP) is 2.72. The van der Waals surface area contributed by atoms with Gasteiger partial charge in [0, 0.05) is 12.1 Å². The summed E-state index contributed by atoms with van der Waals surface area (Å²) >= 11 is 0. The molecule has 2 rings (SSSR count). The SMILES string of the molecule is CC(C)C(C)c1nc2ncccc2[nH]1. The maximum atomic E-state index is 4.47. The van der Waals surface area contributed by atoms with Gasteiger partial charge in [0.1, 0.15) is 5.82 Å². The standard InChI is InChI=1S/C11H15N3/c1-7(2)8(3)10-13-9-5-4-6-12-11(9)14-10/h4-8H,1-3H3,(H,12,13,14). The molecule has 3 nitrogen and oxygen atoms in total. The normalized spacial score (nSPS) is 13.7. The molecule has 1 atom stereocenters. The third-order valence-electron chi connectivity index (χ3n) is 2.71. The molecule has 0 aromatic carbocycles. The van der Waals surface area contributed by atoms with Gasteiger partial charge in [-0.15, -0.1) is 0 Å². The Kier molecular flexibility index (Phi) is 2.23.